The first-order chi connectivity index (χ1) is 11.7. The van der Waals surface area contributed by atoms with E-state index in [9.17, 15) is 10.0 Å². The van der Waals surface area contributed by atoms with E-state index in [2.05, 4.69) is 13.2 Å². The van der Waals surface area contributed by atoms with Crippen LogP contribution < -0.4 is 5.46 Å². The Morgan fingerprint density at radius 2 is 1.62 bits per heavy atom. The van der Waals surface area contributed by atoms with Crippen molar-refractivity contribution in [2.24, 2.45) is 0 Å². The second kappa shape index (κ2) is 7.82. The minimum absolute atomic E-state index is 0.452. The maximum atomic E-state index is 9.44. The molecular formula is C20H22BNO2. The maximum Gasteiger partial charge on any atom is 0.488 e. The van der Waals surface area contributed by atoms with E-state index >= 15 is 0 Å². The second-order valence-electron chi connectivity index (χ2n) is 5.03. The summed E-state index contributed by atoms with van der Waals surface area (Å²) in [5.41, 5.74) is 4.24. The average molecular weight is 319 g/mol. The van der Waals surface area contributed by atoms with Gasteiger partial charge in [-0.1, -0.05) is 63.4 Å². The number of para-hydroxylation sites is 1. The Hall–Kier alpha value is -2.56. The van der Waals surface area contributed by atoms with Crippen molar-refractivity contribution in [3.05, 3.63) is 72.9 Å². The van der Waals surface area contributed by atoms with Crippen LogP contribution in [0.4, 0.5) is 0 Å². The molecule has 0 aliphatic rings. The summed E-state index contributed by atoms with van der Waals surface area (Å²) in [6.07, 6.45) is 3.59. The molecule has 0 amide bonds. The van der Waals surface area contributed by atoms with Gasteiger partial charge >= 0.3 is 7.12 Å². The first-order valence-corrected chi connectivity index (χ1v) is 8.02. The zero-order valence-electron chi connectivity index (χ0n) is 14.1. The molecule has 3 aromatic rings. The number of rotatable bonds is 4. The van der Waals surface area contributed by atoms with E-state index in [0.29, 0.717) is 5.46 Å². The van der Waals surface area contributed by atoms with Crippen LogP contribution >= 0.6 is 0 Å². The number of hydrogen-bond donors (Lipinski definition) is 2. The molecule has 0 saturated heterocycles. The Morgan fingerprint density at radius 1 is 0.958 bits per heavy atom. The molecule has 0 bridgehead atoms. The van der Waals surface area contributed by atoms with Crippen LogP contribution in [0.3, 0.4) is 0 Å². The topological polar surface area (TPSA) is 45.4 Å². The number of hydrogen-bond acceptors (Lipinski definition) is 2. The highest BCUT2D eigenvalue weighted by atomic mass is 16.4. The van der Waals surface area contributed by atoms with Gasteiger partial charge in [-0.05, 0) is 29.7 Å². The first-order valence-electron chi connectivity index (χ1n) is 8.02. The van der Waals surface area contributed by atoms with Gasteiger partial charge in [0.25, 0.3) is 0 Å². The average Bonchev–Trinajstić information content (AvgIpc) is 2.96. The third-order valence-corrected chi connectivity index (χ3v) is 3.78. The molecule has 3 rings (SSSR count). The monoisotopic (exact) mass is 319 g/mol. The van der Waals surface area contributed by atoms with E-state index in [1.54, 1.807) is 24.3 Å². The molecule has 0 saturated carbocycles. The fourth-order valence-electron chi connectivity index (χ4n) is 2.78. The molecular weight excluding hydrogens is 297 g/mol. The van der Waals surface area contributed by atoms with E-state index in [1.165, 1.54) is 0 Å². The Labute approximate surface area is 143 Å². The van der Waals surface area contributed by atoms with Crippen molar-refractivity contribution in [1.29, 1.82) is 0 Å². The van der Waals surface area contributed by atoms with Crippen LogP contribution in [-0.4, -0.2) is 21.7 Å². The molecule has 2 aromatic carbocycles. The normalized spacial score (nSPS) is 10.0. The Balaban J connectivity index is 0.00000100. The van der Waals surface area contributed by atoms with Crippen LogP contribution in [0.25, 0.3) is 28.7 Å². The van der Waals surface area contributed by atoms with E-state index in [-0.39, 0.29) is 0 Å². The predicted octanol–water partition coefficient (Wildman–Crippen LogP) is 3.62. The predicted molar refractivity (Wildman–Crippen MR) is 105 cm³/mol. The quantitative estimate of drug-likeness (QED) is 0.722. The van der Waals surface area contributed by atoms with E-state index in [1.807, 2.05) is 54.8 Å². The van der Waals surface area contributed by atoms with Crippen molar-refractivity contribution in [3.63, 3.8) is 0 Å². The molecule has 0 aliphatic carbocycles. The van der Waals surface area contributed by atoms with Crippen molar-refractivity contribution >= 4 is 35.6 Å². The van der Waals surface area contributed by atoms with E-state index < -0.39 is 7.12 Å². The van der Waals surface area contributed by atoms with Gasteiger partial charge in [0.15, 0.2) is 0 Å². The third-order valence-electron chi connectivity index (χ3n) is 3.78. The van der Waals surface area contributed by atoms with E-state index in [4.69, 9.17) is 0 Å². The Bertz CT molecular complexity index is 851. The highest BCUT2D eigenvalue weighted by Crippen LogP contribution is 2.30. The smallest absolute Gasteiger partial charge is 0.423 e. The summed E-state index contributed by atoms with van der Waals surface area (Å²) in [6.45, 7) is 11.8. The molecule has 0 fully saturated rings. The fourth-order valence-corrected chi connectivity index (χ4v) is 2.78. The molecule has 24 heavy (non-hydrogen) atoms. The summed E-state index contributed by atoms with van der Waals surface area (Å²) >= 11 is 0. The maximum absolute atomic E-state index is 9.44. The molecule has 3 nitrogen and oxygen atoms in total. The van der Waals surface area contributed by atoms with Crippen molar-refractivity contribution in [1.82, 2.24) is 4.57 Å². The lowest BCUT2D eigenvalue weighted by atomic mass is 9.80. The highest BCUT2D eigenvalue weighted by Gasteiger charge is 2.18. The summed E-state index contributed by atoms with van der Waals surface area (Å²) in [5.74, 6) is 0. The summed E-state index contributed by atoms with van der Waals surface area (Å²) in [5, 5.41) is 19.9. The van der Waals surface area contributed by atoms with Gasteiger partial charge in [-0.15, -0.1) is 0 Å². The van der Waals surface area contributed by atoms with Crippen LogP contribution in [0.2, 0.25) is 0 Å². The molecule has 0 unspecified atom stereocenters. The van der Waals surface area contributed by atoms with Crippen molar-refractivity contribution in [3.8, 4) is 5.69 Å². The fraction of sp³-hybridized carbons (Fsp3) is 0.100. The number of nitrogens with zero attached hydrogens (tertiary/aromatic N) is 1. The van der Waals surface area contributed by atoms with Gasteiger partial charge in [-0.3, -0.25) is 0 Å². The minimum Gasteiger partial charge on any atom is -0.423 e. The zero-order valence-corrected chi connectivity index (χ0v) is 14.1. The standard InChI is InChI=1S/C18H16BNO2.C2H6/c1-3-15-16-11-10-13(19(21)22)12-18(16)20(17(15)4-2)14-8-6-5-7-9-14;1-2/h3-12,21-22H,1-2H2;1-2H3. The summed E-state index contributed by atoms with van der Waals surface area (Å²) < 4.78 is 2.05. The largest absolute Gasteiger partial charge is 0.488 e. The molecule has 4 heteroatoms. The first kappa shape index (κ1) is 17.8. The van der Waals surface area contributed by atoms with Crippen molar-refractivity contribution < 1.29 is 10.0 Å². The Morgan fingerprint density at radius 3 is 2.17 bits per heavy atom. The van der Waals surface area contributed by atoms with E-state index in [0.717, 1.165) is 27.8 Å². The molecule has 0 atom stereocenters. The lowest BCUT2D eigenvalue weighted by Crippen LogP contribution is -2.29. The molecule has 0 radical (unpaired) electrons. The highest BCUT2D eigenvalue weighted by molar-refractivity contribution is 6.58. The number of benzene rings is 2. The van der Waals surface area contributed by atoms with Gasteiger partial charge < -0.3 is 14.6 Å². The molecule has 122 valence electrons. The van der Waals surface area contributed by atoms with Crippen LogP contribution in [0, 0.1) is 0 Å². The lowest BCUT2D eigenvalue weighted by molar-refractivity contribution is 0.426. The SMILES string of the molecule is C=Cc1c(C=C)n(-c2ccccc2)c2cc(B(O)O)ccc12.CC. The van der Waals surface area contributed by atoms with Crippen molar-refractivity contribution in [2.45, 2.75) is 13.8 Å². The summed E-state index contributed by atoms with van der Waals surface area (Å²) in [6, 6.07) is 15.3. The number of aromatic nitrogens is 1. The van der Waals surface area contributed by atoms with Crippen LogP contribution in [0.1, 0.15) is 25.1 Å². The molecule has 1 aromatic heterocycles. The molecule has 1 heterocycles. The summed E-state index contributed by atoms with van der Waals surface area (Å²) in [4.78, 5) is 0. The van der Waals surface area contributed by atoms with Gasteiger partial charge in [0.05, 0.1) is 11.2 Å². The lowest BCUT2D eigenvalue weighted by Gasteiger charge is -2.09. The van der Waals surface area contributed by atoms with Gasteiger partial charge in [0.1, 0.15) is 0 Å². The van der Waals surface area contributed by atoms with Crippen LogP contribution in [-0.2, 0) is 0 Å². The molecule has 0 spiro atoms. The third kappa shape index (κ3) is 3.07. The van der Waals surface area contributed by atoms with Crippen molar-refractivity contribution in [2.75, 3.05) is 0 Å². The van der Waals surface area contributed by atoms with Gasteiger partial charge in [-0.2, -0.15) is 0 Å². The summed E-state index contributed by atoms with van der Waals surface area (Å²) in [7, 11) is -1.50. The number of fused-ring (bicyclic) bond motifs is 1. The minimum atomic E-state index is -1.50. The van der Waals surface area contributed by atoms with Gasteiger partial charge in [0, 0.05) is 16.6 Å². The Kier molecular flexibility index (Phi) is 5.80. The van der Waals surface area contributed by atoms with Gasteiger partial charge in [0.2, 0.25) is 0 Å². The second-order valence-corrected chi connectivity index (χ2v) is 5.03. The van der Waals surface area contributed by atoms with Gasteiger partial charge in [-0.25, -0.2) is 0 Å². The zero-order chi connectivity index (χ0) is 17.7. The molecule has 0 aliphatic heterocycles. The molecule has 2 N–H and O–H groups in total. The van der Waals surface area contributed by atoms with Crippen LogP contribution in [0.15, 0.2) is 61.7 Å². The van der Waals surface area contributed by atoms with Crippen LogP contribution in [0.5, 0.6) is 0 Å².